The van der Waals surface area contributed by atoms with E-state index in [-0.39, 0.29) is 17.0 Å². The van der Waals surface area contributed by atoms with Gasteiger partial charge in [0.15, 0.2) is 0 Å². The molecule has 1 aromatic heterocycles. The Balaban J connectivity index is 1.91. The summed E-state index contributed by atoms with van der Waals surface area (Å²) in [4.78, 5) is 25.2. The Morgan fingerprint density at radius 1 is 1.36 bits per heavy atom. The van der Waals surface area contributed by atoms with E-state index >= 15 is 0 Å². The third kappa shape index (κ3) is 2.86. The van der Waals surface area contributed by atoms with Crippen molar-refractivity contribution in [1.82, 2.24) is 4.90 Å². The van der Waals surface area contributed by atoms with Crippen LogP contribution in [-0.2, 0) is 11.3 Å². The third-order valence-corrected chi connectivity index (χ3v) is 5.89. The van der Waals surface area contributed by atoms with Crippen molar-refractivity contribution < 1.29 is 14.7 Å². The van der Waals surface area contributed by atoms with Gasteiger partial charge in [-0.3, -0.25) is 9.59 Å². The monoisotopic (exact) mass is 353 g/mol. The zero-order valence-electron chi connectivity index (χ0n) is 11.4. The predicted octanol–water partition coefficient (Wildman–Crippen LogP) is 3.87. The molecule has 0 saturated carbocycles. The van der Waals surface area contributed by atoms with Gasteiger partial charge in [-0.05, 0) is 23.1 Å². The average molecular weight is 354 g/mol. The maximum Gasteiger partial charge on any atom is 0.313 e. The number of carboxylic acid groups (broad SMARTS) is 1. The lowest BCUT2D eigenvalue weighted by Gasteiger charge is -2.24. The maximum atomic E-state index is 12.6. The summed E-state index contributed by atoms with van der Waals surface area (Å²) in [6.45, 7) is 0.382. The number of benzene rings is 1. The zero-order valence-corrected chi connectivity index (χ0v) is 13.7. The zero-order chi connectivity index (χ0) is 15.7. The van der Waals surface area contributed by atoms with E-state index in [2.05, 4.69) is 0 Å². The van der Waals surface area contributed by atoms with Crippen molar-refractivity contribution in [1.29, 1.82) is 0 Å². The molecule has 1 amide bonds. The molecule has 7 heteroatoms. The van der Waals surface area contributed by atoms with Crippen LogP contribution < -0.4 is 0 Å². The number of carbonyl (C=O) groups is 2. The Morgan fingerprint density at radius 2 is 2.14 bits per heavy atom. The van der Waals surface area contributed by atoms with Gasteiger partial charge in [-0.2, -0.15) is 0 Å². The van der Waals surface area contributed by atoms with Gasteiger partial charge in [-0.15, -0.1) is 23.1 Å². The number of carboxylic acids is 1. The molecule has 1 aromatic carbocycles. The molecule has 0 bridgehead atoms. The fraction of sp³-hybridized carbons (Fsp3) is 0.200. The van der Waals surface area contributed by atoms with Gasteiger partial charge in [-0.25, -0.2) is 0 Å². The van der Waals surface area contributed by atoms with Crippen molar-refractivity contribution in [2.24, 2.45) is 0 Å². The molecule has 1 aliphatic rings. The van der Waals surface area contributed by atoms with Gasteiger partial charge in [0.25, 0.3) is 5.91 Å². The fourth-order valence-electron chi connectivity index (χ4n) is 2.44. The first kappa shape index (κ1) is 15.4. The fourth-order valence-corrected chi connectivity index (χ4v) is 4.38. The van der Waals surface area contributed by atoms with Gasteiger partial charge in [0.2, 0.25) is 0 Å². The first-order valence-corrected chi connectivity index (χ1v) is 8.83. The Labute approximate surface area is 140 Å². The van der Waals surface area contributed by atoms with E-state index in [1.807, 2.05) is 29.6 Å². The predicted molar refractivity (Wildman–Crippen MR) is 88.5 cm³/mol. The Morgan fingerprint density at radius 3 is 2.82 bits per heavy atom. The summed E-state index contributed by atoms with van der Waals surface area (Å²) in [7, 11) is 0. The second-order valence-electron chi connectivity index (χ2n) is 4.80. The highest BCUT2D eigenvalue weighted by molar-refractivity contribution is 8.00. The van der Waals surface area contributed by atoms with Crippen molar-refractivity contribution in [2.75, 3.05) is 5.75 Å². The normalized spacial score (nSPS) is 16.9. The van der Waals surface area contributed by atoms with Crippen LogP contribution in [0.1, 0.15) is 26.9 Å². The summed E-state index contributed by atoms with van der Waals surface area (Å²) in [5.41, 5.74) is 2.38. The minimum atomic E-state index is -0.893. The number of fused-ring (bicyclic) bond motifs is 1. The van der Waals surface area contributed by atoms with Crippen molar-refractivity contribution in [3.63, 3.8) is 0 Å². The van der Waals surface area contributed by atoms with Crippen LogP contribution in [0.15, 0.2) is 35.7 Å². The second kappa shape index (κ2) is 6.32. The highest BCUT2D eigenvalue weighted by Gasteiger charge is 2.37. The maximum absolute atomic E-state index is 12.6. The molecule has 0 radical (unpaired) electrons. The van der Waals surface area contributed by atoms with E-state index in [0.29, 0.717) is 16.4 Å². The van der Waals surface area contributed by atoms with E-state index in [4.69, 9.17) is 16.7 Å². The largest absolute Gasteiger partial charge is 0.481 e. The molecule has 1 N–H and O–H groups in total. The van der Waals surface area contributed by atoms with Gasteiger partial charge < -0.3 is 10.0 Å². The highest BCUT2D eigenvalue weighted by atomic mass is 35.5. The molecule has 0 spiro atoms. The first-order valence-electron chi connectivity index (χ1n) is 6.53. The molecule has 22 heavy (non-hydrogen) atoms. The second-order valence-corrected chi connectivity index (χ2v) is 7.38. The number of thiophene rings is 1. The van der Waals surface area contributed by atoms with Crippen molar-refractivity contribution >= 4 is 46.6 Å². The highest BCUT2D eigenvalue weighted by Crippen LogP contribution is 2.42. The van der Waals surface area contributed by atoms with Crippen LogP contribution in [0.3, 0.4) is 0 Å². The number of nitrogens with zero attached hydrogens (tertiary/aromatic N) is 1. The van der Waals surface area contributed by atoms with Crippen LogP contribution >= 0.6 is 34.7 Å². The van der Waals surface area contributed by atoms with Crippen molar-refractivity contribution in [2.45, 2.75) is 11.9 Å². The average Bonchev–Trinajstić information content (AvgIpc) is 3.01. The Bertz CT molecular complexity index is 731. The lowest BCUT2D eigenvalue weighted by Crippen LogP contribution is -2.26. The molecule has 1 atom stereocenters. The summed E-state index contributed by atoms with van der Waals surface area (Å²) in [5, 5.41) is 10.5. The van der Waals surface area contributed by atoms with E-state index in [0.717, 1.165) is 11.1 Å². The molecule has 1 aliphatic heterocycles. The molecular formula is C15H12ClNO3S2. The molecule has 2 heterocycles. The Hall–Kier alpha value is -1.50. The molecule has 0 aliphatic carbocycles. The van der Waals surface area contributed by atoms with Crippen LogP contribution in [0.4, 0.5) is 0 Å². The minimum absolute atomic E-state index is 0.0554. The van der Waals surface area contributed by atoms with Gasteiger partial charge in [-0.1, -0.05) is 29.8 Å². The third-order valence-electron chi connectivity index (χ3n) is 3.40. The first-order chi connectivity index (χ1) is 10.6. The summed E-state index contributed by atoms with van der Waals surface area (Å²) in [6.07, 6.45) is 0. The van der Waals surface area contributed by atoms with Crippen molar-refractivity contribution in [3.8, 4) is 0 Å². The molecule has 3 rings (SSSR count). The molecule has 2 aromatic rings. The SMILES string of the molecule is O=C(O)CSC1c2ccccc2C(=O)N1Cc1ccsc1Cl. The number of hydrogen-bond donors (Lipinski definition) is 1. The molecular weight excluding hydrogens is 342 g/mol. The van der Waals surface area contributed by atoms with E-state index in [9.17, 15) is 9.59 Å². The summed E-state index contributed by atoms with van der Waals surface area (Å²) in [5.74, 6) is -1.03. The molecule has 114 valence electrons. The lowest BCUT2D eigenvalue weighted by atomic mass is 10.1. The van der Waals surface area contributed by atoms with Crippen molar-refractivity contribution in [3.05, 3.63) is 56.7 Å². The number of hydrogen-bond acceptors (Lipinski definition) is 4. The van der Waals surface area contributed by atoms with Gasteiger partial charge in [0.1, 0.15) is 5.37 Å². The number of carbonyl (C=O) groups excluding carboxylic acids is 1. The minimum Gasteiger partial charge on any atom is -0.481 e. The van der Waals surface area contributed by atoms with E-state index < -0.39 is 5.97 Å². The Kier molecular flexibility index (Phi) is 4.42. The summed E-state index contributed by atoms with van der Waals surface area (Å²) in [6, 6.07) is 9.23. The number of thioether (sulfide) groups is 1. The van der Waals surface area contributed by atoms with Crippen LogP contribution in [-0.4, -0.2) is 27.6 Å². The van der Waals surface area contributed by atoms with Gasteiger partial charge in [0.05, 0.1) is 10.1 Å². The quantitative estimate of drug-likeness (QED) is 0.886. The van der Waals surface area contributed by atoms with E-state index in [1.54, 1.807) is 11.0 Å². The van der Waals surface area contributed by atoms with Crippen LogP contribution in [0, 0.1) is 0 Å². The topological polar surface area (TPSA) is 57.6 Å². The summed E-state index contributed by atoms with van der Waals surface area (Å²) >= 11 is 8.79. The lowest BCUT2D eigenvalue weighted by molar-refractivity contribution is -0.133. The van der Waals surface area contributed by atoms with Gasteiger partial charge >= 0.3 is 5.97 Å². The number of amides is 1. The number of aliphatic carboxylic acids is 1. The van der Waals surface area contributed by atoms with E-state index in [1.165, 1.54) is 23.1 Å². The van der Waals surface area contributed by atoms with Crippen LogP contribution in [0.2, 0.25) is 4.34 Å². The smallest absolute Gasteiger partial charge is 0.313 e. The standard InChI is InChI=1S/C15H12ClNO3S2/c16-13-9(5-6-21-13)7-17-14(20)10-3-1-2-4-11(10)15(17)22-8-12(18)19/h1-6,15H,7-8H2,(H,18,19). The molecule has 1 unspecified atom stereocenters. The molecule has 0 fully saturated rings. The number of halogens is 1. The van der Waals surface area contributed by atoms with Crippen LogP contribution in [0.5, 0.6) is 0 Å². The molecule has 0 saturated heterocycles. The van der Waals surface area contributed by atoms with Gasteiger partial charge in [0, 0.05) is 17.7 Å². The molecule has 4 nitrogen and oxygen atoms in total. The summed E-state index contributed by atoms with van der Waals surface area (Å²) < 4.78 is 0.658. The van der Waals surface area contributed by atoms with Crippen LogP contribution in [0.25, 0.3) is 0 Å². The number of rotatable bonds is 5.